The molecule has 7 nitrogen and oxygen atoms in total. The van der Waals surface area contributed by atoms with E-state index in [0.717, 1.165) is 0 Å². The molecule has 1 amide bonds. The molecule has 0 fully saturated rings. The summed E-state index contributed by atoms with van der Waals surface area (Å²) in [5.74, 6) is 0.0666. The number of aliphatic hydroxyl groups is 1. The molecule has 2 atom stereocenters. The molecule has 3 aromatic rings. The Morgan fingerprint density at radius 1 is 1.28 bits per heavy atom. The van der Waals surface area contributed by atoms with Crippen LogP contribution in [0.2, 0.25) is 5.02 Å². The predicted molar refractivity (Wildman–Crippen MR) is 101 cm³/mol. The second-order valence-corrected chi connectivity index (χ2v) is 6.79. The number of hydrogen-bond donors (Lipinski definition) is 2. The Morgan fingerprint density at radius 3 is 2.62 bits per heavy atom. The van der Waals surface area contributed by atoms with E-state index in [-0.39, 0.29) is 17.0 Å². The summed E-state index contributed by atoms with van der Waals surface area (Å²) >= 11 is 5.84. The van der Waals surface area contributed by atoms with Crippen LogP contribution in [0.1, 0.15) is 46.7 Å². The average Bonchev–Trinajstić information content (AvgIpc) is 3.14. The van der Waals surface area contributed by atoms with Gasteiger partial charge in [-0.15, -0.1) is 0 Å². The molecule has 29 heavy (non-hydrogen) atoms. The van der Waals surface area contributed by atoms with E-state index in [2.05, 4.69) is 20.4 Å². The molecule has 152 valence electrons. The molecule has 0 aliphatic carbocycles. The number of amides is 1. The zero-order valence-corrected chi connectivity index (χ0v) is 16.2. The molecule has 0 bridgehead atoms. The number of hydrogen-bond acceptors (Lipinski definition) is 6. The molecule has 1 unspecified atom stereocenters. The quantitative estimate of drug-likeness (QED) is 0.625. The molecule has 0 aliphatic rings. The van der Waals surface area contributed by atoms with E-state index < -0.39 is 24.5 Å². The van der Waals surface area contributed by atoms with Gasteiger partial charge in [-0.1, -0.05) is 16.8 Å². The molecular formula is C19H17ClF2N4O3. The first kappa shape index (κ1) is 20.8. The van der Waals surface area contributed by atoms with E-state index in [9.17, 15) is 18.7 Å². The van der Waals surface area contributed by atoms with Gasteiger partial charge in [-0.25, -0.2) is 8.78 Å². The Balaban J connectivity index is 1.95. The highest BCUT2D eigenvalue weighted by atomic mass is 35.5. The van der Waals surface area contributed by atoms with Crippen LogP contribution < -0.4 is 5.32 Å². The number of nitrogens with one attached hydrogen (secondary N) is 1. The highest BCUT2D eigenvalue weighted by Gasteiger charge is 2.23. The van der Waals surface area contributed by atoms with E-state index in [0.29, 0.717) is 22.2 Å². The monoisotopic (exact) mass is 422 g/mol. The van der Waals surface area contributed by atoms with Crippen molar-refractivity contribution >= 4 is 17.5 Å². The lowest BCUT2D eigenvalue weighted by Gasteiger charge is -2.15. The SMILES string of the molecule is Cc1nc([C@@H](C)NC(=O)c2cc(-c3ccc(Cl)cn3)cc(C(O)C(F)F)c2)no1. The fourth-order valence-corrected chi connectivity index (χ4v) is 2.74. The van der Waals surface area contributed by atoms with Crippen LogP contribution in [0.25, 0.3) is 11.3 Å². The van der Waals surface area contributed by atoms with Gasteiger partial charge >= 0.3 is 0 Å². The summed E-state index contributed by atoms with van der Waals surface area (Å²) in [7, 11) is 0. The topological polar surface area (TPSA) is 101 Å². The van der Waals surface area contributed by atoms with Crippen LogP contribution in [0.4, 0.5) is 8.78 Å². The second kappa shape index (κ2) is 8.62. The Bertz CT molecular complexity index is 1010. The van der Waals surface area contributed by atoms with Gasteiger partial charge in [-0.2, -0.15) is 4.98 Å². The minimum absolute atomic E-state index is 0.0704. The summed E-state index contributed by atoms with van der Waals surface area (Å²) in [4.78, 5) is 20.9. The Labute approximate surface area is 169 Å². The van der Waals surface area contributed by atoms with Gasteiger partial charge in [-0.05, 0) is 42.8 Å². The Hall–Kier alpha value is -2.91. The van der Waals surface area contributed by atoms with Gasteiger partial charge in [0.05, 0.1) is 16.8 Å². The number of rotatable bonds is 6. The number of aliphatic hydroxyl groups excluding tert-OH is 1. The summed E-state index contributed by atoms with van der Waals surface area (Å²) in [5, 5.41) is 16.6. The lowest BCUT2D eigenvalue weighted by atomic mass is 9.99. The van der Waals surface area contributed by atoms with Crippen molar-refractivity contribution in [3.8, 4) is 11.3 Å². The van der Waals surface area contributed by atoms with E-state index in [4.69, 9.17) is 16.1 Å². The van der Waals surface area contributed by atoms with Gasteiger partial charge in [0.25, 0.3) is 12.3 Å². The van der Waals surface area contributed by atoms with Crippen molar-refractivity contribution in [3.63, 3.8) is 0 Å². The molecule has 0 aliphatic heterocycles. The van der Waals surface area contributed by atoms with Gasteiger partial charge in [0.15, 0.2) is 5.82 Å². The summed E-state index contributed by atoms with van der Waals surface area (Å²) in [6, 6.07) is 6.64. The fraction of sp³-hybridized carbons (Fsp3) is 0.263. The summed E-state index contributed by atoms with van der Waals surface area (Å²) in [6.07, 6.45) is -3.67. The molecule has 2 heterocycles. The number of aryl methyl sites for hydroxylation is 1. The number of carbonyl (C=O) groups is 1. The van der Waals surface area contributed by atoms with Gasteiger partial charge in [0.1, 0.15) is 6.10 Å². The van der Waals surface area contributed by atoms with Crippen LogP contribution in [-0.2, 0) is 0 Å². The van der Waals surface area contributed by atoms with Crippen LogP contribution in [-0.4, -0.2) is 32.6 Å². The first-order valence-corrected chi connectivity index (χ1v) is 8.96. The number of halogens is 3. The molecule has 1 aromatic carbocycles. The van der Waals surface area contributed by atoms with Gasteiger partial charge in [-0.3, -0.25) is 9.78 Å². The van der Waals surface area contributed by atoms with Crippen LogP contribution in [0.15, 0.2) is 41.1 Å². The number of nitrogens with zero attached hydrogens (tertiary/aromatic N) is 3. The third kappa shape index (κ3) is 4.93. The molecule has 0 spiro atoms. The number of pyridine rings is 1. The highest BCUT2D eigenvalue weighted by Crippen LogP contribution is 2.28. The molecule has 3 rings (SSSR count). The maximum atomic E-state index is 13.1. The third-order valence-corrected chi connectivity index (χ3v) is 4.32. The van der Waals surface area contributed by atoms with E-state index in [1.165, 1.54) is 24.4 Å². The maximum Gasteiger partial charge on any atom is 0.268 e. The van der Waals surface area contributed by atoms with Crippen molar-refractivity contribution in [1.29, 1.82) is 0 Å². The minimum atomic E-state index is -3.01. The van der Waals surface area contributed by atoms with Gasteiger partial charge in [0.2, 0.25) is 5.89 Å². The summed E-state index contributed by atoms with van der Waals surface area (Å²) in [5.41, 5.74) is 0.754. The molecule has 2 aromatic heterocycles. The average molecular weight is 423 g/mol. The number of benzene rings is 1. The standard InChI is InChI=1S/C19H17ClF2N4O3/c1-9(18-25-10(2)29-26-18)24-19(28)13-6-11(15-4-3-14(20)8-23-15)5-12(7-13)16(27)17(21)22/h3-9,16-17,27H,1-2H3,(H,24,28)/t9-,16?/m1/s1. The zero-order valence-electron chi connectivity index (χ0n) is 15.4. The number of alkyl halides is 2. The van der Waals surface area contributed by atoms with Crippen molar-refractivity contribution in [2.75, 3.05) is 0 Å². The van der Waals surface area contributed by atoms with Crippen molar-refractivity contribution in [1.82, 2.24) is 20.4 Å². The largest absolute Gasteiger partial charge is 0.382 e. The second-order valence-electron chi connectivity index (χ2n) is 6.35. The van der Waals surface area contributed by atoms with Gasteiger partial charge < -0.3 is 14.9 Å². The van der Waals surface area contributed by atoms with Crippen LogP contribution >= 0.6 is 11.6 Å². The molecule has 0 saturated heterocycles. The van der Waals surface area contributed by atoms with Crippen molar-refractivity contribution in [3.05, 3.63) is 64.4 Å². The lowest BCUT2D eigenvalue weighted by Crippen LogP contribution is -2.27. The molecule has 0 saturated carbocycles. The van der Waals surface area contributed by atoms with Crippen LogP contribution in [0.3, 0.4) is 0 Å². The third-order valence-electron chi connectivity index (χ3n) is 4.10. The number of carbonyl (C=O) groups excluding carboxylic acids is 1. The predicted octanol–water partition coefficient (Wildman–Crippen LogP) is 3.88. The van der Waals surface area contributed by atoms with E-state index >= 15 is 0 Å². The van der Waals surface area contributed by atoms with Crippen molar-refractivity contribution < 1.29 is 23.2 Å². The Morgan fingerprint density at radius 2 is 2.03 bits per heavy atom. The maximum absolute atomic E-state index is 13.1. The molecular weight excluding hydrogens is 406 g/mol. The van der Waals surface area contributed by atoms with Gasteiger partial charge in [0, 0.05) is 24.2 Å². The Kier molecular flexibility index (Phi) is 6.19. The lowest BCUT2D eigenvalue weighted by molar-refractivity contribution is -0.00579. The number of aromatic nitrogens is 3. The zero-order chi connectivity index (χ0) is 21.1. The minimum Gasteiger partial charge on any atom is -0.382 e. The summed E-state index contributed by atoms with van der Waals surface area (Å²) in [6.45, 7) is 3.27. The first-order chi connectivity index (χ1) is 13.7. The fourth-order valence-electron chi connectivity index (χ4n) is 2.63. The van der Waals surface area contributed by atoms with Crippen LogP contribution in [0, 0.1) is 6.92 Å². The van der Waals surface area contributed by atoms with Crippen molar-refractivity contribution in [2.24, 2.45) is 0 Å². The van der Waals surface area contributed by atoms with Crippen molar-refractivity contribution in [2.45, 2.75) is 32.4 Å². The smallest absolute Gasteiger partial charge is 0.268 e. The van der Waals surface area contributed by atoms with E-state index in [1.54, 1.807) is 26.0 Å². The summed E-state index contributed by atoms with van der Waals surface area (Å²) < 4.78 is 31.0. The van der Waals surface area contributed by atoms with E-state index in [1.807, 2.05) is 0 Å². The van der Waals surface area contributed by atoms with Crippen LogP contribution in [0.5, 0.6) is 0 Å². The molecule has 0 radical (unpaired) electrons. The normalized spacial score (nSPS) is 13.3. The highest BCUT2D eigenvalue weighted by molar-refractivity contribution is 6.30. The first-order valence-electron chi connectivity index (χ1n) is 8.59. The molecule has 10 heteroatoms. The molecule has 2 N–H and O–H groups in total.